The van der Waals surface area contributed by atoms with Crippen molar-refractivity contribution in [2.24, 2.45) is 4.99 Å². The molecular formula is C18H18N2O2. The lowest BCUT2D eigenvalue weighted by Gasteiger charge is -1.99. The van der Waals surface area contributed by atoms with Gasteiger partial charge in [0.25, 0.3) is 0 Å². The van der Waals surface area contributed by atoms with Gasteiger partial charge in [-0.2, -0.15) is 0 Å². The van der Waals surface area contributed by atoms with Gasteiger partial charge in [0, 0.05) is 23.7 Å². The van der Waals surface area contributed by atoms with Crippen molar-refractivity contribution in [2.45, 2.75) is 13.3 Å². The third-order valence-electron chi connectivity index (χ3n) is 3.73. The number of aromatic hydroxyl groups is 1. The first kappa shape index (κ1) is 14.4. The number of aliphatic hydroxyl groups is 1. The van der Waals surface area contributed by atoms with E-state index < -0.39 is 0 Å². The number of aromatic nitrogens is 1. The van der Waals surface area contributed by atoms with Gasteiger partial charge in [-0.3, -0.25) is 4.99 Å². The van der Waals surface area contributed by atoms with Crippen LogP contribution in [0.2, 0.25) is 0 Å². The molecule has 112 valence electrons. The summed E-state index contributed by atoms with van der Waals surface area (Å²) in [6.07, 6.45) is 2.33. The van der Waals surface area contributed by atoms with E-state index in [1.165, 1.54) is 0 Å². The summed E-state index contributed by atoms with van der Waals surface area (Å²) in [6.45, 7) is 2.15. The van der Waals surface area contributed by atoms with Crippen LogP contribution >= 0.6 is 0 Å². The number of aliphatic imine (C=N–C) groups is 1. The molecule has 3 N–H and O–H groups in total. The maximum absolute atomic E-state index is 10.1. The van der Waals surface area contributed by atoms with Crippen molar-refractivity contribution in [2.75, 3.05) is 6.61 Å². The van der Waals surface area contributed by atoms with Crippen molar-refractivity contribution in [3.63, 3.8) is 0 Å². The molecule has 1 aromatic heterocycles. The SMILES string of the molecule is Cc1cccc2[nH]c(O)c(C=Nc3ccc(CCO)cc3)c12. The molecule has 0 aliphatic carbocycles. The molecule has 4 nitrogen and oxygen atoms in total. The number of aryl methyl sites for hydroxylation is 1. The Morgan fingerprint density at radius 3 is 2.64 bits per heavy atom. The summed E-state index contributed by atoms with van der Waals surface area (Å²) < 4.78 is 0. The van der Waals surface area contributed by atoms with Gasteiger partial charge in [0.05, 0.1) is 11.3 Å². The Labute approximate surface area is 128 Å². The highest BCUT2D eigenvalue weighted by Crippen LogP contribution is 2.28. The van der Waals surface area contributed by atoms with Gasteiger partial charge in [-0.05, 0) is 42.7 Å². The topological polar surface area (TPSA) is 68.6 Å². The highest BCUT2D eigenvalue weighted by atomic mass is 16.3. The maximum atomic E-state index is 10.1. The zero-order chi connectivity index (χ0) is 15.5. The van der Waals surface area contributed by atoms with E-state index in [-0.39, 0.29) is 12.5 Å². The van der Waals surface area contributed by atoms with Gasteiger partial charge in [0.2, 0.25) is 0 Å². The van der Waals surface area contributed by atoms with Crippen molar-refractivity contribution < 1.29 is 10.2 Å². The standard InChI is InChI=1S/C18H18N2O2/c1-12-3-2-4-16-17(12)15(18(22)20-16)11-19-14-7-5-13(6-8-14)9-10-21/h2-8,11,20-22H,9-10H2,1H3. The van der Waals surface area contributed by atoms with Crippen molar-refractivity contribution >= 4 is 22.8 Å². The predicted molar refractivity (Wildman–Crippen MR) is 89.2 cm³/mol. The minimum Gasteiger partial charge on any atom is -0.494 e. The van der Waals surface area contributed by atoms with Gasteiger partial charge in [0.15, 0.2) is 5.88 Å². The molecule has 22 heavy (non-hydrogen) atoms. The molecule has 0 bridgehead atoms. The van der Waals surface area contributed by atoms with Crippen LogP contribution in [-0.2, 0) is 6.42 Å². The van der Waals surface area contributed by atoms with Gasteiger partial charge in [0.1, 0.15) is 0 Å². The molecule has 3 aromatic rings. The number of benzene rings is 2. The summed E-state index contributed by atoms with van der Waals surface area (Å²) in [5.74, 6) is 0.130. The summed E-state index contributed by atoms with van der Waals surface area (Å²) in [4.78, 5) is 7.40. The summed E-state index contributed by atoms with van der Waals surface area (Å²) >= 11 is 0. The molecule has 0 amide bonds. The molecule has 3 rings (SSSR count). The van der Waals surface area contributed by atoms with E-state index in [0.29, 0.717) is 12.0 Å². The first-order chi connectivity index (χ1) is 10.7. The second kappa shape index (κ2) is 6.03. The van der Waals surface area contributed by atoms with E-state index in [1.807, 2.05) is 49.4 Å². The molecule has 0 spiro atoms. The van der Waals surface area contributed by atoms with E-state index in [1.54, 1.807) is 6.21 Å². The largest absolute Gasteiger partial charge is 0.494 e. The third kappa shape index (κ3) is 2.73. The predicted octanol–water partition coefficient (Wildman–Crippen LogP) is 3.47. The number of hydrogen-bond acceptors (Lipinski definition) is 3. The Balaban J connectivity index is 1.94. The minimum absolute atomic E-state index is 0.130. The van der Waals surface area contributed by atoms with Crippen LogP contribution in [0, 0.1) is 6.92 Å². The Morgan fingerprint density at radius 2 is 1.91 bits per heavy atom. The molecular weight excluding hydrogens is 276 g/mol. The van der Waals surface area contributed by atoms with Crippen LogP contribution in [0.15, 0.2) is 47.5 Å². The van der Waals surface area contributed by atoms with Gasteiger partial charge >= 0.3 is 0 Å². The lowest BCUT2D eigenvalue weighted by atomic mass is 10.1. The minimum atomic E-state index is 0.130. The zero-order valence-corrected chi connectivity index (χ0v) is 12.4. The third-order valence-corrected chi connectivity index (χ3v) is 3.73. The normalized spacial score (nSPS) is 11.5. The second-order valence-corrected chi connectivity index (χ2v) is 5.28. The number of hydrogen-bond donors (Lipinski definition) is 3. The average Bonchev–Trinajstić information content (AvgIpc) is 2.84. The van der Waals surface area contributed by atoms with Crippen LogP contribution in [0.25, 0.3) is 10.9 Å². The first-order valence-corrected chi connectivity index (χ1v) is 7.23. The lowest BCUT2D eigenvalue weighted by molar-refractivity contribution is 0.299. The summed E-state index contributed by atoms with van der Waals surface area (Å²) in [5, 5.41) is 20.0. The van der Waals surface area contributed by atoms with E-state index in [2.05, 4.69) is 9.98 Å². The van der Waals surface area contributed by atoms with Gasteiger partial charge in [-0.25, -0.2) is 0 Å². The number of nitrogens with zero attached hydrogens (tertiary/aromatic N) is 1. The molecule has 0 saturated carbocycles. The number of rotatable bonds is 4. The Morgan fingerprint density at radius 1 is 1.14 bits per heavy atom. The lowest BCUT2D eigenvalue weighted by Crippen LogP contribution is -1.88. The van der Waals surface area contributed by atoms with Gasteiger partial charge in [-0.15, -0.1) is 0 Å². The van der Waals surface area contributed by atoms with Crippen molar-refractivity contribution in [3.8, 4) is 5.88 Å². The molecule has 4 heteroatoms. The number of aromatic amines is 1. The summed E-state index contributed by atoms with van der Waals surface area (Å²) in [6, 6.07) is 13.6. The molecule has 1 heterocycles. The molecule has 0 aliphatic rings. The number of H-pyrrole nitrogens is 1. The highest BCUT2D eigenvalue weighted by molar-refractivity contribution is 6.04. The fraction of sp³-hybridized carbons (Fsp3) is 0.167. The molecule has 0 aliphatic heterocycles. The number of fused-ring (bicyclic) bond motifs is 1. The van der Waals surface area contributed by atoms with Crippen molar-refractivity contribution in [3.05, 3.63) is 59.2 Å². The quantitative estimate of drug-likeness (QED) is 0.645. The smallest absolute Gasteiger partial charge is 0.198 e. The number of nitrogens with one attached hydrogen (secondary N) is 1. The Kier molecular flexibility index (Phi) is 3.94. The fourth-order valence-electron chi connectivity index (χ4n) is 2.59. The van der Waals surface area contributed by atoms with E-state index in [0.717, 1.165) is 27.7 Å². The van der Waals surface area contributed by atoms with E-state index >= 15 is 0 Å². The second-order valence-electron chi connectivity index (χ2n) is 5.28. The van der Waals surface area contributed by atoms with Crippen molar-refractivity contribution in [1.82, 2.24) is 4.98 Å². The number of aliphatic hydroxyl groups excluding tert-OH is 1. The Bertz CT molecular complexity index is 817. The van der Waals surface area contributed by atoms with Gasteiger partial charge < -0.3 is 15.2 Å². The molecule has 0 fully saturated rings. The first-order valence-electron chi connectivity index (χ1n) is 7.23. The highest BCUT2D eigenvalue weighted by Gasteiger charge is 2.10. The molecule has 0 unspecified atom stereocenters. The van der Waals surface area contributed by atoms with Crippen LogP contribution < -0.4 is 0 Å². The molecule has 0 radical (unpaired) electrons. The van der Waals surface area contributed by atoms with Crippen LogP contribution in [0.3, 0.4) is 0 Å². The molecule has 0 saturated heterocycles. The zero-order valence-electron chi connectivity index (χ0n) is 12.4. The molecule has 2 aromatic carbocycles. The van der Waals surface area contributed by atoms with Crippen LogP contribution in [0.1, 0.15) is 16.7 Å². The van der Waals surface area contributed by atoms with Crippen LogP contribution in [0.5, 0.6) is 5.88 Å². The van der Waals surface area contributed by atoms with E-state index in [4.69, 9.17) is 5.11 Å². The fourth-order valence-corrected chi connectivity index (χ4v) is 2.59. The Hall–Kier alpha value is -2.59. The summed E-state index contributed by atoms with van der Waals surface area (Å²) in [7, 11) is 0. The monoisotopic (exact) mass is 294 g/mol. The van der Waals surface area contributed by atoms with Crippen LogP contribution in [0.4, 0.5) is 5.69 Å². The summed E-state index contributed by atoms with van der Waals surface area (Å²) in [5.41, 5.74) is 4.58. The van der Waals surface area contributed by atoms with Crippen LogP contribution in [-0.4, -0.2) is 28.0 Å². The average molecular weight is 294 g/mol. The van der Waals surface area contributed by atoms with Crippen molar-refractivity contribution in [1.29, 1.82) is 0 Å². The maximum Gasteiger partial charge on any atom is 0.198 e. The van der Waals surface area contributed by atoms with E-state index in [9.17, 15) is 5.11 Å². The van der Waals surface area contributed by atoms with Gasteiger partial charge in [-0.1, -0.05) is 24.3 Å². The molecule has 0 atom stereocenters.